The van der Waals surface area contributed by atoms with E-state index in [0.717, 1.165) is 107 Å². The number of fused-ring (bicyclic) bond motifs is 4. The number of hydrogen-bond donors (Lipinski definition) is 3. The zero-order valence-electron chi connectivity index (χ0n) is 30.6. The lowest BCUT2D eigenvalue weighted by molar-refractivity contribution is -0.136. The van der Waals surface area contributed by atoms with Gasteiger partial charge in [-0.1, -0.05) is 12.1 Å². The van der Waals surface area contributed by atoms with Crippen LogP contribution in [0.5, 0.6) is 5.75 Å². The SMILES string of the molecule is CN1CCN2c3cc(-c4ccccc4O)nnc3NCC2C1.O=C1CCC(N2C(=O)c3ccc(N4CCC(CN5CCOCC5)CC4)cc3C2=O)C(=O)N1. The molecule has 3 N–H and O–H groups in total. The molecule has 54 heavy (non-hydrogen) atoms. The first-order valence-electron chi connectivity index (χ1n) is 19.0. The fraction of sp³-hybridized carbons (Fsp3) is 0.487. The van der Waals surface area contributed by atoms with Crippen LogP contribution in [0.4, 0.5) is 17.2 Å². The van der Waals surface area contributed by atoms with E-state index in [9.17, 15) is 24.3 Å². The highest BCUT2D eigenvalue weighted by Crippen LogP contribution is 2.36. The molecule has 6 aliphatic heterocycles. The number of carbonyl (C=O) groups excluding carboxylic acids is 4. The van der Waals surface area contributed by atoms with Crippen molar-refractivity contribution in [2.24, 2.45) is 5.92 Å². The van der Waals surface area contributed by atoms with E-state index in [4.69, 9.17) is 4.74 Å². The minimum Gasteiger partial charge on any atom is -0.507 e. The van der Waals surface area contributed by atoms with Gasteiger partial charge in [0.1, 0.15) is 11.8 Å². The number of phenolic OH excluding ortho intramolecular Hbond substituents is 1. The summed E-state index contributed by atoms with van der Waals surface area (Å²) in [6, 6.07) is 14.2. The molecule has 0 aliphatic carbocycles. The number of phenols is 1. The van der Waals surface area contributed by atoms with Crippen molar-refractivity contribution in [1.82, 2.24) is 30.2 Å². The quantitative estimate of drug-likeness (QED) is 0.327. The van der Waals surface area contributed by atoms with Gasteiger partial charge in [-0.05, 0) is 68.6 Å². The number of aromatic hydroxyl groups is 1. The number of piperazine rings is 1. The molecule has 2 atom stereocenters. The minimum absolute atomic E-state index is 0.120. The summed E-state index contributed by atoms with van der Waals surface area (Å²) in [6.07, 6.45) is 2.46. The molecule has 0 bridgehead atoms. The second-order valence-corrected chi connectivity index (χ2v) is 15.0. The number of likely N-dealkylation sites (N-methyl/N-ethyl adjacent to an activating group) is 1. The standard InChI is InChI=1S/C23H28N4O5.C16H19N5O/c28-20-4-3-19(21(29)24-20)27-22(30)17-2-1-16(13-18(17)23(27)31)26-7-5-15(6-8-26)14-25-9-11-32-12-10-25;1-20-6-7-21-11(10-20)9-17-16-14(21)8-13(18-19-16)12-4-2-3-5-15(12)22/h1-2,13,15,19H,3-12,14H2,(H,24,28,29);2-5,8,11,22H,6-7,9-10H2,1H3,(H,17,19). The molecule has 15 heteroatoms. The van der Waals surface area contributed by atoms with Crippen molar-refractivity contribution < 1.29 is 29.0 Å². The third kappa shape index (κ3) is 7.22. The van der Waals surface area contributed by atoms with Gasteiger partial charge in [0.25, 0.3) is 11.8 Å². The number of ether oxygens (including phenoxy) is 1. The molecule has 4 amide bonds. The van der Waals surface area contributed by atoms with E-state index in [1.54, 1.807) is 18.2 Å². The number of rotatable bonds is 5. The number of carbonyl (C=O) groups is 4. The smallest absolute Gasteiger partial charge is 0.262 e. The van der Waals surface area contributed by atoms with E-state index in [1.165, 1.54) is 0 Å². The van der Waals surface area contributed by atoms with Gasteiger partial charge in [-0.25, -0.2) is 0 Å². The first kappa shape index (κ1) is 35.9. The Hall–Kier alpha value is -5.12. The Bertz CT molecular complexity index is 1930. The van der Waals surface area contributed by atoms with Crippen molar-refractivity contribution in [2.75, 3.05) is 94.3 Å². The maximum atomic E-state index is 13.0. The van der Waals surface area contributed by atoms with E-state index in [0.29, 0.717) is 34.3 Å². The number of anilines is 3. The number of para-hydroxylation sites is 1. The zero-order chi connectivity index (χ0) is 37.3. The predicted octanol–water partition coefficient (Wildman–Crippen LogP) is 2.03. The summed E-state index contributed by atoms with van der Waals surface area (Å²) in [7, 11) is 2.16. The molecule has 2 unspecified atom stereocenters. The van der Waals surface area contributed by atoms with Gasteiger partial charge in [0.2, 0.25) is 11.8 Å². The van der Waals surface area contributed by atoms with Gasteiger partial charge in [-0.2, -0.15) is 0 Å². The summed E-state index contributed by atoms with van der Waals surface area (Å²) < 4.78 is 5.43. The molecule has 2 aromatic carbocycles. The average Bonchev–Trinajstić information content (AvgIpc) is 3.43. The number of benzene rings is 2. The summed E-state index contributed by atoms with van der Waals surface area (Å²) >= 11 is 0. The van der Waals surface area contributed by atoms with E-state index in [-0.39, 0.29) is 24.5 Å². The summed E-state index contributed by atoms with van der Waals surface area (Å²) in [5.41, 5.74) is 4.10. The van der Waals surface area contributed by atoms with Gasteiger partial charge in [0, 0.05) is 76.6 Å². The summed E-state index contributed by atoms with van der Waals surface area (Å²) in [4.78, 5) is 60.1. The Labute approximate surface area is 314 Å². The number of imide groups is 2. The van der Waals surface area contributed by atoms with Gasteiger partial charge in [-0.15, -0.1) is 10.2 Å². The normalized spacial score (nSPS) is 23.5. The van der Waals surface area contributed by atoms with E-state index < -0.39 is 23.8 Å². The predicted molar refractivity (Wildman–Crippen MR) is 202 cm³/mol. The first-order chi connectivity index (χ1) is 26.2. The van der Waals surface area contributed by atoms with Crippen molar-refractivity contribution in [3.8, 4) is 17.0 Å². The van der Waals surface area contributed by atoms with Crippen LogP contribution in [0, 0.1) is 5.92 Å². The molecule has 15 nitrogen and oxygen atoms in total. The summed E-state index contributed by atoms with van der Waals surface area (Å²) in [6.45, 7) is 10.5. The second-order valence-electron chi connectivity index (χ2n) is 15.0. The Balaban J connectivity index is 0.000000164. The van der Waals surface area contributed by atoms with E-state index in [2.05, 4.69) is 47.5 Å². The minimum atomic E-state index is -0.931. The summed E-state index contributed by atoms with van der Waals surface area (Å²) in [5.74, 6) is -0.153. The van der Waals surface area contributed by atoms with E-state index in [1.807, 2.05) is 30.3 Å². The third-order valence-corrected chi connectivity index (χ3v) is 11.5. The fourth-order valence-corrected chi connectivity index (χ4v) is 8.44. The highest BCUT2D eigenvalue weighted by Gasteiger charge is 2.45. The van der Waals surface area contributed by atoms with Crippen LogP contribution in [0.3, 0.4) is 0 Å². The Morgan fingerprint density at radius 3 is 2.41 bits per heavy atom. The molecule has 1 aromatic heterocycles. The van der Waals surface area contributed by atoms with Gasteiger partial charge >= 0.3 is 0 Å². The number of morpholine rings is 1. The van der Waals surface area contributed by atoms with E-state index >= 15 is 0 Å². The molecular formula is C39H47N9O6. The van der Waals surface area contributed by atoms with Gasteiger partial charge in [0.15, 0.2) is 5.82 Å². The molecule has 4 fully saturated rings. The van der Waals surface area contributed by atoms with Crippen LogP contribution in [0.15, 0.2) is 48.5 Å². The molecule has 7 heterocycles. The van der Waals surface area contributed by atoms with Crippen molar-refractivity contribution in [3.63, 3.8) is 0 Å². The van der Waals surface area contributed by atoms with Crippen LogP contribution in [0.1, 0.15) is 46.4 Å². The lowest BCUT2D eigenvalue weighted by Crippen LogP contribution is -2.56. The van der Waals surface area contributed by atoms with Crippen LogP contribution in [-0.2, 0) is 14.3 Å². The number of hydrogen-bond acceptors (Lipinski definition) is 13. The second kappa shape index (κ2) is 15.3. The maximum absolute atomic E-state index is 13.0. The highest BCUT2D eigenvalue weighted by atomic mass is 16.5. The molecule has 284 valence electrons. The molecular weight excluding hydrogens is 690 g/mol. The molecule has 9 rings (SSSR count). The average molecular weight is 738 g/mol. The topological polar surface area (TPSA) is 164 Å². The van der Waals surface area contributed by atoms with Gasteiger partial charge in [-0.3, -0.25) is 34.3 Å². The Morgan fingerprint density at radius 2 is 1.63 bits per heavy atom. The van der Waals surface area contributed by atoms with Crippen LogP contribution in [0.25, 0.3) is 11.3 Å². The van der Waals surface area contributed by atoms with Crippen LogP contribution in [0.2, 0.25) is 0 Å². The maximum Gasteiger partial charge on any atom is 0.262 e. The largest absolute Gasteiger partial charge is 0.507 e. The lowest BCUT2D eigenvalue weighted by atomic mass is 9.95. The fourth-order valence-electron chi connectivity index (χ4n) is 8.44. The van der Waals surface area contributed by atoms with Crippen molar-refractivity contribution >= 4 is 40.8 Å². The number of nitrogens with zero attached hydrogens (tertiary/aromatic N) is 7. The molecule has 0 spiro atoms. The molecule has 4 saturated heterocycles. The molecule has 3 aromatic rings. The lowest BCUT2D eigenvalue weighted by Gasteiger charge is -2.44. The molecule has 0 radical (unpaired) electrons. The first-order valence-corrected chi connectivity index (χ1v) is 19.0. The zero-order valence-corrected chi connectivity index (χ0v) is 30.6. The van der Waals surface area contributed by atoms with Gasteiger partial charge in [0.05, 0.1) is 41.8 Å². The monoisotopic (exact) mass is 737 g/mol. The summed E-state index contributed by atoms with van der Waals surface area (Å²) in [5, 5.41) is 24.2. The Kier molecular flexibility index (Phi) is 10.2. The molecule has 6 aliphatic rings. The number of nitrogens with one attached hydrogen (secondary N) is 2. The van der Waals surface area contributed by atoms with Crippen LogP contribution < -0.4 is 20.4 Å². The number of amides is 4. The number of aromatic nitrogens is 2. The van der Waals surface area contributed by atoms with Crippen molar-refractivity contribution in [3.05, 3.63) is 59.7 Å². The van der Waals surface area contributed by atoms with Crippen molar-refractivity contribution in [1.29, 1.82) is 0 Å². The van der Waals surface area contributed by atoms with Crippen LogP contribution in [-0.4, -0.2) is 145 Å². The Morgan fingerprint density at radius 1 is 0.852 bits per heavy atom. The van der Waals surface area contributed by atoms with Crippen LogP contribution >= 0.6 is 0 Å². The van der Waals surface area contributed by atoms with Crippen molar-refractivity contribution in [2.45, 2.75) is 37.8 Å². The number of piperidine rings is 2. The highest BCUT2D eigenvalue weighted by molar-refractivity contribution is 6.23. The van der Waals surface area contributed by atoms with Gasteiger partial charge < -0.3 is 29.9 Å². The third-order valence-electron chi connectivity index (χ3n) is 11.5. The molecule has 0 saturated carbocycles.